The average Bonchev–Trinajstić information content (AvgIpc) is 2.48. The third-order valence-electron chi connectivity index (χ3n) is 3.55. The molecule has 2 N–H and O–H groups in total. The predicted molar refractivity (Wildman–Crippen MR) is 82.4 cm³/mol. The molecular formula is C17H20O4. The van der Waals surface area contributed by atoms with Crippen molar-refractivity contribution in [1.82, 2.24) is 0 Å². The quantitative estimate of drug-likeness (QED) is 0.789. The Morgan fingerprint density at radius 1 is 1.29 bits per heavy atom. The Bertz CT molecular complexity index is 661. The molecule has 4 heteroatoms. The van der Waals surface area contributed by atoms with Gasteiger partial charge in [0.25, 0.3) is 0 Å². The van der Waals surface area contributed by atoms with E-state index in [-0.39, 0.29) is 11.3 Å². The number of aryl methyl sites for hydroxylation is 1. The first kappa shape index (κ1) is 15.2. The summed E-state index contributed by atoms with van der Waals surface area (Å²) in [6.45, 7) is 4.62. The first-order valence-corrected chi connectivity index (χ1v) is 7.23. The summed E-state index contributed by atoms with van der Waals surface area (Å²) < 4.78 is 5.77. The lowest BCUT2D eigenvalue weighted by molar-refractivity contribution is 0.0693. The maximum atomic E-state index is 11.3. The summed E-state index contributed by atoms with van der Waals surface area (Å²) in [6, 6.07) is 6.94. The van der Waals surface area contributed by atoms with Gasteiger partial charge in [-0.15, -0.1) is 0 Å². The molecule has 0 amide bonds. The van der Waals surface area contributed by atoms with Crippen LogP contribution >= 0.6 is 0 Å². The molecule has 112 valence electrons. The Kier molecular flexibility index (Phi) is 4.68. The molecule has 0 aromatic heterocycles. The van der Waals surface area contributed by atoms with Crippen molar-refractivity contribution in [3.05, 3.63) is 35.4 Å². The van der Waals surface area contributed by atoms with E-state index in [1.807, 2.05) is 19.1 Å². The number of ether oxygens (including phenoxy) is 1. The van der Waals surface area contributed by atoms with Gasteiger partial charge in [-0.2, -0.15) is 0 Å². The molecule has 2 aromatic carbocycles. The van der Waals surface area contributed by atoms with Gasteiger partial charge in [-0.1, -0.05) is 38.5 Å². The summed E-state index contributed by atoms with van der Waals surface area (Å²) in [4.78, 5) is 11.3. The second-order valence-electron chi connectivity index (χ2n) is 4.97. The highest BCUT2D eigenvalue weighted by molar-refractivity contribution is 6.04. The van der Waals surface area contributed by atoms with Crippen molar-refractivity contribution in [2.45, 2.75) is 33.1 Å². The largest absolute Gasteiger partial charge is 0.506 e. The second kappa shape index (κ2) is 6.48. The molecule has 0 aliphatic carbocycles. The number of hydrogen-bond acceptors (Lipinski definition) is 3. The van der Waals surface area contributed by atoms with E-state index >= 15 is 0 Å². The van der Waals surface area contributed by atoms with Gasteiger partial charge in [-0.3, -0.25) is 0 Å². The highest BCUT2D eigenvalue weighted by atomic mass is 16.5. The number of rotatable bonds is 6. The smallest absolute Gasteiger partial charge is 0.339 e. The van der Waals surface area contributed by atoms with Gasteiger partial charge < -0.3 is 14.9 Å². The molecule has 0 atom stereocenters. The minimum absolute atomic E-state index is 0.123. The third-order valence-corrected chi connectivity index (χ3v) is 3.55. The van der Waals surface area contributed by atoms with Crippen LogP contribution < -0.4 is 4.74 Å². The molecule has 0 spiro atoms. The van der Waals surface area contributed by atoms with Crippen LogP contribution in [-0.4, -0.2) is 22.8 Å². The molecular weight excluding hydrogens is 268 g/mol. The zero-order valence-corrected chi connectivity index (χ0v) is 12.3. The van der Waals surface area contributed by atoms with Gasteiger partial charge in [0.05, 0.1) is 6.61 Å². The predicted octanol–water partition coefficient (Wildman–Crippen LogP) is 3.98. The highest BCUT2D eigenvalue weighted by Gasteiger charge is 2.18. The Morgan fingerprint density at radius 2 is 2.05 bits per heavy atom. The van der Waals surface area contributed by atoms with Gasteiger partial charge in [0, 0.05) is 10.8 Å². The van der Waals surface area contributed by atoms with Gasteiger partial charge in [-0.05, 0) is 24.5 Å². The van der Waals surface area contributed by atoms with Crippen LogP contribution in [0.2, 0.25) is 0 Å². The van der Waals surface area contributed by atoms with Crippen molar-refractivity contribution in [3.63, 3.8) is 0 Å². The van der Waals surface area contributed by atoms with Crippen LogP contribution in [0.3, 0.4) is 0 Å². The van der Waals surface area contributed by atoms with Crippen LogP contribution in [-0.2, 0) is 6.42 Å². The van der Waals surface area contributed by atoms with Crippen molar-refractivity contribution in [1.29, 1.82) is 0 Å². The maximum absolute atomic E-state index is 11.3. The Morgan fingerprint density at radius 3 is 2.67 bits per heavy atom. The summed E-state index contributed by atoms with van der Waals surface area (Å²) in [5.41, 5.74) is 0.911. The number of unbranched alkanes of at least 4 members (excludes halogenated alkanes) is 1. The fourth-order valence-corrected chi connectivity index (χ4v) is 2.40. The van der Waals surface area contributed by atoms with Gasteiger partial charge in [0.2, 0.25) is 0 Å². The minimum atomic E-state index is -1.16. The molecule has 0 unspecified atom stereocenters. The lowest BCUT2D eigenvalue weighted by Gasteiger charge is -2.15. The highest BCUT2D eigenvalue weighted by Crippen LogP contribution is 2.38. The van der Waals surface area contributed by atoms with Crippen molar-refractivity contribution in [2.75, 3.05) is 6.61 Å². The summed E-state index contributed by atoms with van der Waals surface area (Å²) in [5, 5.41) is 20.8. The van der Waals surface area contributed by atoms with E-state index in [4.69, 9.17) is 4.74 Å². The van der Waals surface area contributed by atoms with Gasteiger partial charge in [-0.25, -0.2) is 4.79 Å². The summed E-state index contributed by atoms with van der Waals surface area (Å²) in [5.74, 6) is -0.821. The van der Waals surface area contributed by atoms with E-state index in [2.05, 4.69) is 6.92 Å². The fraction of sp³-hybridized carbons (Fsp3) is 0.353. The van der Waals surface area contributed by atoms with E-state index in [1.165, 1.54) is 6.07 Å². The van der Waals surface area contributed by atoms with Crippen molar-refractivity contribution in [3.8, 4) is 11.5 Å². The molecule has 21 heavy (non-hydrogen) atoms. The molecule has 0 aliphatic rings. The first-order valence-electron chi connectivity index (χ1n) is 7.23. The maximum Gasteiger partial charge on any atom is 0.339 e. The monoisotopic (exact) mass is 288 g/mol. The molecule has 2 aromatic rings. The average molecular weight is 288 g/mol. The van der Waals surface area contributed by atoms with E-state index in [9.17, 15) is 15.0 Å². The Balaban J connectivity index is 2.67. The SMILES string of the molecule is CCCCOc1cc(C(=O)O)c(O)c2cccc(CC)c12. The van der Waals surface area contributed by atoms with Crippen LogP contribution in [0.4, 0.5) is 0 Å². The van der Waals surface area contributed by atoms with Crippen LogP contribution in [0.1, 0.15) is 42.6 Å². The molecule has 0 aliphatic heterocycles. The first-order chi connectivity index (χ1) is 10.1. The van der Waals surface area contributed by atoms with Gasteiger partial charge in [0.1, 0.15) is 17.1 Å². The number of fused-ring (bicyclic) bond motifs is 1. The van der Waals surface area contributed by atoms with E-state index in [0.29, 0.717) is 17.7 Å². The third kappa shape index (κ3) is 2.94. The number of benzene rings is 2. The standard InChI is InChI=1S/C17H20O4/c1-3-5-9-21-14-10-13(17(19)20)16(18)12-8-6-7-11(4-2)15(12)14/h6-8,10,18H,3-5,9H2,1-2H3,(H,19,20). The lowest BCUT2D eigenvalue weighted by atomic mass is 9.98. The number of hydrogen-bond donors (Lipinski definition) is 2. The molecule has 0 radical (unpaired) electrons. The van der Waals surface area contributed by atoms with Crippen molar-refractivity contribution in [2.24, 2.45) is 0 Å². The molecule has 0 fully saturated rings. The number of carbonyl (C=O) groups is 1. The van der Waals surface area contributed by atoms with Crippen molar-refractivity contribution < 1.29 is 19.7 Å². The fourth-order valence-electron chi connectivity index (χ4n) is 2.40. The van der Waals surface area contributed by atoms with Gasteiger partial charge in [0.15, 0.2) is 0 Å². The zero-order chi connectivity index (χ0) is 15.4. The number of carboxylic acids is 1. The normalized spacial score (nSPS) is 10.8. The summed E-state index contributed by atoms with van der Waals surface area (Å²) in [7, 11) is 0. The lowest BCUT2D eigenvalue weighted by Crippen LogP contribution is -2.03. The molecule has 2 rings (SSSR count). The molecule has 4 nitrogen and oxygen atoms in total. The molecule has 0 saturated heterocycles. The Hall–Kier alpha value is -2.23. The number of carboxylic acid groups (broad SMARTS) is 1. The minimum Gasteiger partial charge on any atom is -0.506 e. The number of aromatic carboxylic acids is 1. The zero-order valence-electron chi connectivity index (χ0n) is 12.3. The number of aromatic hydroxyl groups is 1. The summed E-state index contributed by atoms with van der Waals surface area (Å²) >= 11 is 0. The second-order valence-corrected chi connectivity index (χ2v) is 4.97. The summed E-state index contributed by atoms with van der Waals surface area (Å²) in [6.07, 6.45) is 2.69. The van der Waals surface area contributed by atoms with Crippen LogP contribution in [0.15, 0.2) is 24.3 Å². The van der Waals surface area contributed by atoms with E-state index in [0.717, 1.165) is 30.2 Å². The topological polar surface area (TPSA) is 66.8 Å². The van der Waals surface area contributed by atoms with Crippen LogP contribution in [0.5, 0.6) is 11.5 Å². The molecule has 0 bridgehead atoms. The molecule has 0 heterocycles. The van der Waals surface area contributed by atoms with Crippen molar-refractivity contribution >= 4 is 16.7 Å². The molecule has 0 saturated carbocycles. The van der Waals surface area contributed by atoms with Crippen LogP contribution in [0.25, 0.3) is 10.8 Å². The number of phenols is 1. The Labute approximate surface area is 124 Å². The van der Waals surface area contributed by atoms with E-state index < -0.39 is 5.97 Å². The van der Waals surface area contributed by atoms with Crippen LogP contribution in [0, 0.1) is 0 Å². The van der Waals surface area contributed by atoms with Gasteiger partial charge >= 0.3 is 5.97 Å². The van der Waals surface area contributed by atoms with E-state index in [1.54, 1.807) is 6.07 Å².